The summed E-state index contributed by atoms with van der Waals surface area (Å²) in [4.78, 5) is 3.46. The van der Waals surface area contributed by atoms with Gasteiger partial charge in [-0.15, -0.1) is 6.58 Å². The van der Waals surface area contributed by atoms with Gasteiger partial charge in [-0.2, -0.15) is 17.5 Å². The third-order valence-corrected chi connectivity index (χ3v) is 3.19. The number of aliphatic imine (C=N–C) groups is 1. The average Bonchev–Trinajstić information content (AvgIpc) is 2.70. The second-order valence-corrected chi connectivity index (χ2v) is 5.02. The third-order valence-electron chi connectivity index (χ3n) is 2.25. The van der Waals surface area contributed by atoms with E-state index in [4.69, 9.17) is 0 Å². The van der Waals surface area contributed by atoms with Crippen LogP contribution in [0.1, 0.15) is 36.9 Å². The molecule has 0 bridgehead atoms. The molecule has 2 nitrogen and oxygen atoms in total. The van der Waals surface area contributed by atoms with Gasteiger partial charge in [0.15, 0.2) is 0 Å². The van der Waals surface area contributed by atoms with Gasteiger partial charge in [0, 0.05) is 11.8 Å². The van der Waals surface area contributed by atoms with E-state index in [1.807, 2.05) is 13.8 Å². The highest BCUT2D eigenvalue weighted by Crippen LogP contribution is 2.37. The fourth-order valence-electron chi connectivity index (χ4n) is 1.44. The Morgan fingerprint density at radius 1 is 1.37 bits per heavy atom. The first kappa shape index (κ1) is 15.6. The van der Waals surface area contributed by atoms with Crippen LogP contribution in [0.3, 0.4) is 0 Å². The SMILES string of the molecule is C=CCc1c(/C(C)=N/C=C(C)C)nsc1C(F)(F)F. The molecule has 0 amide bonds. The monoisotopic (exact) mass is 288 g/mol. The first-order valence-electron chi connectivity index (χ1n) is 5.62. The van der Waals surface area contributed by atoms with E-state index in [2.05, 4.69) is 15.9 Å². The number of allylic oxidation sites excluding steroid dienone is 2. The summed E-state index contributed by atoms with van der Waals surface area (Å²) in [6, 6.07) is 0. The van der Waals surface area contributed by atoms with Crippen molar-refractivity contribution in [3.63, 3.8) is 0 Å². The van der Waals surface area contributed by atoms with E-state index in [-0.39, 0.29) is 12.0 Å². The van der Waals surface area contributed by atoms with Gasteiger partial charge in [0.1, 0.15) is 10.6 Å². The van der Waals surface area contributed by atoms with Crippen LogP contribution >= 0.6 is 11.5 Å². The molecule has 0 unspecified atom stereocenters. The van der Waals surface area contributed by atoms with Gasteiger partial charge in [0.05, 0.1) is 5.71 Å². The Morgan fingerprint density at radius 3 is 2.47 bits per heavy atom. The van der Waals surface area contributed by atoms with Gasteiger partial charge in [-0.05, 0) is 38.7 Å². The highest BCUT2D eigenvalue weighted by Gasteiger charge is 2.37. The molecule has 0 saturated heterocycles. The van der Waals surface area contributed by atoms with Gasteiger partial charge in [-0.25, -0.2) is 0 Å². The van der Waals surface area contributed by atoms with E-state index in [1.54, 1.807) is 13.1 Å². The molecule has 1 rings (SSSR count). The Bertz CT molecular complexity index is 520. The Kier molecular flexibility index (Phi) is 5.05. The molecule has 0 aliphatic carbocycles. The highest BCUT2D eigenvalue weighted by molar-refractivity contribution is 7.06. The summed E-state index contributed by atoms with van der Waals surface area (Å²) in [6.07, 6.45) is -1.20. The molecule has 0 aromatic carbocycles. The number of halogens is 3. The number of hydrogen-bond donors (Lipinski definition) is 0. The molecule has 0 aliphatic heterocycles. The molecule has 6 heteroatoms. The molecule has 0 aliphatic rings. The second-order valence-electron chi connectivity index (χ2n) is 4.25. The number of aromatic nitrogens is 1. The normalized spacial score (nSPS) is 12.4. The fraction of sp³-hybridized carbons (Fsp3) is 0.385. The van der Waals surface area contributed by atoms with Crippen LogP contribution in [-0.4, -0.2) is 10.1 Å². The maximum Gasteiger partial charge on any atom is 0.427 e. The molecular weight excluding hydrogens is 273 g/mol. The molecule has 0 fully saturated rings. The molecule has 19 heavy (non-hydrogen) atoms. The number of nitrogens with zero attached hydrogens (tertiary/aromatic N) is 2. The Balaban J connectivity index is 3.29. The van der Waals surface area contributed by atoms with E-state index in [9.17, 15) is 13.2 Å². The minimum absolute atomic E-state index is 0.127. The molecule has 1 heterocycles. The lowest BCUT2D eigenvalue weighted by atomic mass is 10.1. The van der Waals surface area contributed by atoms with Gasteiger partial charge >= 0.3 is 6.18 Å². The number of alkyl halides is 3. The van der Waals surface area contributed by atoms with Crippen molar-refractivity contribution in [2.24, 2.45) is 4.99 Å². The lowest BCUT2D eigenvalue weighted by Crippen LogP contribution is -2.08. The van der Waals surface area contributed by atoms with E-state index in [0.29, 0.717) is 22.9 Å². The quantitative estimate of drug-likeness (QED) is 0.586. The van der Waals surface area contributed by atoms with Crippen LogP contribution in [0.2, 0.25) is 0 Å². The summed E-state index contributed by atoms with van der Waals surface area (Å²) in [6.45, 7) is 8.87. The van der Waals surface area contributed by atoms with Crippen LogP contribution in [-0.2, 0) is 12.6 Å². The molecule has 0 spiro atoms. The Morgan fingerprint density at radius 2 is 2.00 bits per heavy atom. The Hall–Kier alpha value is -1.43. The smallest absolute Gasteiger partial charge is 0.259 e. The summed E-state index contributed by atoms with van der Waals surface area (Å²) in [5.41, 5.74) is 1.89. The van der Waals surface area contributed by atoms with Crippen molar-refractivity contribution >= 4 is 17.2 Å². The molecule has 104 valence electrons. The van der Waals surface area contributed by atoms with Crippen LogP contribution in [0.4, 0.5) is 13.2 Å². The molecule has 0 radical (unpaired) electrons. The van der Waals surface area contributed by atoms with Gasteiger partial charge in [-0.1, -0.05) is 11.6 Å². The first-order valence-corrected chi connectivity index (χ1v) is 6.39. The largest absolute Gasteiger partial charge is 0.427 e. The van der Waals surface area contributed by atoms with Crippen molar-refractivity contribution in [3.8, 4) is 0 Å². The molecule has 0 atom stereocenters. The lowest BCUT2D eigenvalue weighted by Gasteiger charge is -2.06. The topological polar surface area (TPSA) is 25.2 Å². The molecular formula is C13H15F3N2S. The van der Waals surface area contributed by atoms with Crippen molar-refractivity contribution in [2.45, 2.75) is 33.4 Å². The third kappa shape index (κ3) is 4.02. The van der Waals surface area contributed by atoms with Gasteiger partial charge in [0.25, 0.3) is 0 Å². The fourth-order valence-corrected chi connectivity index (χ4v) is 2.26. The van der Waals surface area contributed by atoms with Crippen LogP contribution < -0.4 is 0 Å². The maximum atomic E-state index is 12.8. The van der Waals surface area contributed by atoms with Gasteiger partial charge in [-0.3, -0.25) is 4.99 Å². The van der Waals surface area contributed by atoms with Crippen LogP contribution in [0.25, 0.3) is 0 Å². The van der Waals surface area contributed by atoms with E-state index >= 15 is 0 Å². The predicted octanol–water partition coefficient (Wildman–Crippen LogP) is 4.62. The van der Waals surface area contributed by atoms with Crippen molar-refractivity contribution in [1.82, 2.24) is 4.37 Å². The minimum atomic E-state index is -4.38. The van der Waals surface area contributed by atoms with E-state index < -0.39 is 11.1 Å². The standard InChI is InChI=1S/C13H15F3N2S/c1-5-6-10-11(9(4)17-7-8(2)3)18-19-12(10)13(14,15)16/h5,7H,1,6H2,2-4H3/b17-9+. The van der Waals surface area contributed by atoms with Gasteiger partial charge in [0.2, 0.25) is 0 Å². The summed E-state index contributed by atoms with van der Waals surface area (Å²) in [7, 11) is 0. The van der Waals surface area contributed by atoms with Crippen LogP contribution in [0, 0.1) is 0 Å². The summed E-state index contributed by atoms with van der Waals surface area (Å²) >= 11 is 0.461. The molecule has 1 aromatic rings. The van der Waals surface area contributed by atoms with Crippen molar-refractivity contribution in [3.05, 3.63) is 40.6 Å². The predicted molar refractivity (Wildman–Crippen MR) is 72.7 cm³/mol. The first-order chi connectivity index (χ1) is 8.77. The van der Waals surface area contributed by atoms with Gasteiger partial charge < -0.3 is 0 Å². The highest BCUT2D eigenvalue weighted by atomic mass is 32.1. The summed E-state index contributed by atoms with van der Waals surface area (Å²) < 4.78 is 42.4. The number of hydrogen-bond acceptors (Lipinski definition) is 3. The Labute approximate surface area is 114 Å². The summed E-state index contributed by atoms with van der Waals surface area (Å²) in [5.74, 6) is 0. The minimum Gasteiger partial charge on any atom is -0.259 e. The zero-order valence-corrected chi connectivity index (χ0v) is 11.8. The van der Waals surface area contributed by atoms with Crippen molar-refractivity contribution in [1.29, 1.82) is 0 Å². The van der Waals surface area contributed by atoms with Crippen molar-refractivity contribution < 1.29 is 13.2 Å². The maximum absolute atomic E-state index is 12.8. The van der Waals surface area contributed by atoms with Crippen LogP contribution in [0.15, 0.2) is 29.4 Å². The summed E-state index contributed by atoms with van der Waals surface area (Å²) in [5, 5.41) is 0. The van der Waals surface area contributed by atoms with Crippen LogP contribution in [0.5, 0.6) is 0 Å². The van der Waals surface area contributed by atoms with E-state index in [1.165, 1.54) is 6.08 Å². The average molecular weight is 288 g/mol. The molecule has 0 saturated carbocycles. The molecule has 1 aromatic heterocycles. The molecule has 0 N–H and O–H groups in total. The lowest BCUT2D eigenvalue weighted by molar-refractivity contribution is -0.134. The zero-order chi connectivity index (χ0) is 14.6. The van der Waals surface area contributed by atoms with Crippen molar-refractivity contribution in [2.75, 3.05) is 0 Å². The zero-order valence-electron chi connectivity index (χ0n) is 11.0. The second kappa shape index (κ2) is 6.14. The number of rotatable bonds is 4. The van der Waals surface area contributed by atoms with E-state index in [0.717, 1.165) is 5.57 Å².